The third-order valence-corrected chi connectivity index (χ3v) is 2.71. The lowest BCUT2D eigenvalue weighted by atomic mass is 9.69. The smallest absolute Gasteiger partial charge is 0.322 e. The van der Waals surface area contributed by atoms with Crippen molar-refractivity contribution in [1.82, 2.24) is 0 Å². The van der Waals surface area contributed by atoms with Gasteiger partial charge in [0.2, 0.25) is 0 Å². The molecule has 0 amide bonds. The summed E-state index contributed by atoms with van der Waals surface area (Å²) in [7, 11) is 0. The third kappa shape index (κ3) is 0.651. The van der Waals surface area contributed by atoms with Crippen LogP contribution >= 0.6 is 0 Å². The highest BCUT2D eigenvalue weighted by atomic mass is 16.6. The van der Waals surface area contributed by atoms with Crippen molar-refractivity contribution >= 4 is 11.9 Å². The highest BCUT2D eigenvalue weighted by molar-refractivity contribution is 6.06. The van der Waals surface area contributed by atoms with Gasteiger partial charge in [-0.15, -0.1) is 0 Å². The Morgan fingerprint density at radius 1 is 0.923 bits per heavy atom. The Hall–Kier alpha value is -1.64. The molecule has 0 radical (unpaired) electrons. The van der Waals surface area contributed by atoms with E-state index >= 15 is 0 Å². The second-order valence-electron chi connectivity index (χ2n) is 3.32. The van der Waals surface area contributed by atoms with Gasteiger partial charge in [0.25, 0.3) is 0 Å². The van der Waals surface area contributed by atoms with Crippen LogP contribution in [0, 0.1) is 0 Å². The number of hydrogen-bond donors (Lipinski definition) is 0. The van der Waals surface area contributed by atoms with Crippen LogP contribution in [0.2, 0.25) is 0 Å². The Labute approximate surface area is 74.3 Å². The maximum atomic E-state index is 11.2. The first-order chi connectivity index (χ1) is 6.29. The van der Waals surface area contributed by atoms with E-state index < -0.39 is 11.9 Å². The van der Waals surface area contributed by atoms with Crippen LogP contribution in [-0.2, 0) is 14.3 Å². The summed E-state index contributed by atoms with van der Waals surface area (Å²) in [6.45, 7) is 0. The quantitative estimate of drug-likeness (QED) is 0.434. The van der Waals surface area contributed by atoms with Crippen LogP contribution in [0.25, 0.3) is 0 Å². The van der Waals surface area contributed by atoms with E-state index in [1.54, 1.807) is 0 Å². The molecule has 1 aromatic carbocycles. The lowest BCUT2D eigenvalue weighted by molar-refractivity contribution is -0.152. The minimum Gasteiger partial charge on any atom is -0.392 e. The Balaban J connectivity index is 2.19. The molecule has 1 aliphatic carbocycles. The largest absolute Gasteiger partial charge is 0.392 e. The molecule has 2 unspecified atom stereocenters. The van der Waals surface area contributed by atoms with E-state index in [4.69, 9.17) is 0 Å². The standard InChI is InChI=1S/C10H6O3/c11-9-7-5-3-1-2-4-6(5)8(7)10(12)13-9/h1-4,7-8H. The van der Waals surface area contributed by atoms with Crippen LogP contribution in [0.4, 0.5) is 0 Å². The number of ether oxygens (including phenoxy) is 1. The molecule has 1 aliphatic heterocycles. The molecular weight excluding hydrogens is 168 g/mol. The molecule has 1 heterocycles. The van der Waals surface area contributed by atoms with Crippen LogP contribution in [0.3, 0.4) is 0 Å². The Bertz CT molecular complexity index is 383. The zero-order valence-electron chi connectivity index (χ0n) is 6.69. The molecule has 0 bridgehead atoms. The summed E-state index contributed by atoms with van der Waals surface area (Å²) in [4.78, 5) is 22.3. The molecule has 1 fully saturated rings. The van der Waals surface area contributed by atoms with E-state index in [1.165, 1.54) is 0 Å². The number of hydrogen-bond acceptors (Lipinski definition) is 3. The summed E-state index contributed by atoms with van der Waals surface area (Å²) in [5, 5.41) is 0. The zero-order valence-corrected chi connectivity index (χ0v) is 6.69. The van der Waals surface area contributed by atoms with Gasteiger partial charge in [0, 0.05) is 0 Å². The molecule has 3 nitrogen and oxygen atoms in total. The number of rotatable bonds is 0. The van der Waals surface area contributed by atoms with Crippen LogP contribution < -0.4 is 0 Å². The summed E-state index contributed by atoms with van der Waals surface area (Å²) in [5.41, 5.74) is 1.90. The summed E-state index contributed by atoms with van der Waals surface area (Å²) in [5.74, 6) is -1.42. The second-order valence-corrected chi connectivity index (χ2v) is 3.32. The van der Waals surface area contributed by atoms with Crippen molar-refractivity contribution in [1.29, 1.82) is 0 Å². The second kappa shape index (κ2) is 1.99. The number of carbonyl (C=O) groups excluding carboxylic acids is 2. The highest BCUT2D eigenvalue weighted by Crippen LogP contribution is 2.51. The predicted octanol–water partition coefficient (Wildman–Crippen LogP) is 0.951. The van der Waals surface area contributed by atoms with Gasteiger partial charge in [-0.3, -0.25) is 9.59 Å². The van der Waals surface area contributed by atoms with Crippen molar-refractivity contribution in [3.63, 3.8) is 0 Å². The van der Waals surface area contributed by atoms with Crippen molar-refractivity contribution < 1.29 is 14.3 Å². The predicted molar refractivity (Wildman–Crippen MR) is 43.0 cm³/mol. The van der Waals surface area contributed by atoms with Crippen LogP contribution in [0.1, 0.15) is 23.0 Å². The van der Waals surface area contributed by atoms with Gasteiger partial charge in [0.15, 0.2) is 0 Å². The van der Waals surface area contributed by atoms with E-state index in [0.717, 1.165) is 11.1 Å². The van der Waals surface area contributed by atoms with Crippen molar-refractivity contribution in [2.45, 2.75) is 11.8 Å². The highest BCUT2D eigenvalue weighted by Gasteiger charge is 2.54. The van der Waals surface area contributed by atoms with E-state index in [0.29, 0.717) is 0 Å². The molecule has 2 atom stereocenters. The van der Waals surface area contributed by atoms with E-state index in [9.17, 15) is 9.59 Å². The number of esters is 2. The SMILES string of the molecule is O=C1OC(=O)C2c3ccccc3C12. The van der Waals surface area contributed by atoms with Gasteiger partial charge in [-0.25, -0.2) is 0 Å². The summed E-state index contributed by atoms with van der Waals surface area (Å²) < 4.78 is 4.55. The molecule has 2 aliphatic rings. The topological polar surface area (TPSA) is 43.4 Å². The third-order valence-electron chi connectivity index (χ3n) is 2.71. The zero-order chi connectivity index (χ0) is 9.00. The van der Waals surface area contributed by atoms with Gasteiger partial charge < -0.3 is 4.74 Å². The van der Waals surface area contributed by atoms with Crippen LogP contribution in [0.5, 0.6) is 0 Å². The molecule has 0 spiro atoms. The fourth-order valence-electron chi connectivity index (χ4n) is 2.09. The Morgan fingerprint density at radius 3 is 1.85 bits per heavy atom. The first kappa shape index (κ1) is 6.83. The van der Waals surface area contributed by atoms with Crippen LogP contribution in [-0.4, -0.2) is 11.9 Å². The average molecular weight is 174 g/mol. The molecule has 0 aromatic heterocycles. The van der Waals surface area contributed by atoms with Crippen molar-refractivity contribution in [3.05, 3.63) is 35.4 Å². The Morgan fingerprint density at radius 2 is 1.38 bits per heavy atom. The summed E-state index contributed by atoms with van der Waals surface area (Å²) in [6.07, 6.45) is 0. The number of benzene rings is 1. The van der Waals surface area contributed by atoms with E-state index in [-0.39, 0.29) is 11.8 Å². The number of cyclic esters (lactones) is 2. The molecular formula is C10H6O3. The minimum absolute atomic E-state index is 0.316. The summed E-state index contributed by atoms with van der Waals surface area (Å²) in [6, 6.07) is 7.48. The van der Waals surface area contributed by atoms with Gasteiger partial charge in [0.1, 0.15) is 11.8 Å². The Kier molecular flexibility index (Phi) is 1.05. The van der Waals surface area contributed by atoms with Gasteiger partial charge in [-0.2, -0.15) is 0 Å². The normalized spacial score (nSPS) is 28.9. The fraction of sp³-hybridized carbons (Fsp3) is 0.200. The molecule has 0 N–H and O–H groups in total. The van der Waals surface area contributed by atoms with Gasteiger partial charge in [-0.05, 0) is 11.1 Å². The maximum Gasteiger partial charge on any atom is 0.322 e. The lowest BCUT2D eigenvalue weighted by Gasteiger charge is -2.28. The molecule has 1 saturated heterocycles. The van der Waals surface area contributed by atoms with E-state index in [2.05, 4.69) is 4.74 Å². The molecule has 0 saturated carbocycles. The van der Waals surface area contributed by atoms with Crippen molar-refractivity contribution in [2.24, 2.45) is 0 Å². The van der Waals surface area contributed by atoms with Gasteiger partial charge in [0.05, 0.1) is 0 Å². The first-order valence-electron chi connectivity index (χ1n) is 4.13. The first-order valence-corrected chi connectivity index (χ1v) is 4.13. The average Bonchev–Trinajstić information content (AvgIpc) is 2.30. The summed E-state index contributed by atoms with van der Waals surface area (Å²) >= 11 is 0. The molecule has 1 aromatic rings. The van der Waals surface area contributed by atoms with Gasteiger partial charge in [-0.1, -0.05) is 24.3 Å². The molecule has 13 heavy (non-hydrogen) atoms. The molecule has 3 heteroatoms. The van der Waals surface area contributed by atoms with Crippen LogP contribution in [0.15, 0.2) is 24.3 Å². The fourth-order valence-corrected chi connectivity index (χ4v) is 2.09. The number of fused-ring (bicyclic) bond motifs is 4. The monoisotopic (exact) mass is 174 g/mol. The maximum absolute atomic E-state index is 11.2. The van der Waals surface area contributed by atoms with E-state index in [1.807, 2.05) is 24.3 Å². The number of carbonyl (C=O) groups is 2. The lowest BCUT2D eigenvalue weighted by Crippen LogP contribution is -2.26. The van der Waals surface area contributed by atoms with Crippen molar-refractivity contribution in [2.75, 3.05) is 0 Å². The minimum atomic E-state index is -0.395. The molecule has 64 valence electrons. The van der Waals surface area contributed by atoms with Crippen molar-refractivity contribution in [3.8, 4) is 0 Å². The van der Waals surface area contributed by atoms with Gasteiger partial charge >= 0.3 is 11.9 Å². The molecule has 3 rings (SSSR count).